The first kappa shape index (κ1) is 18.0. The molecule has 0 unspecified atom stereocenters. The highest BCUT2D eigenvalue weighted by Gasteiger charge is 2.13. The Bertz CT molecular complexity index is 1040. The molecule has 0 N–H and O–H groups in total. The molecule has 4 nitrogen and oxygen atoms in total. The molecule has 5 heteroatoms. The fourth-order valence-electron chi connectivity index (χ4n) is 2.63. The van der Waals surface area contributed by atoms with Gasteiger partial charge in [0.05, 0.1) is 23.9 Å². The van der Waals surface area contributed by atoms with Gasteiger partial charge in [-0.3, -0.25) is 4.79 Å². The fraction of sp³-hybridized carbons (Fsp3) is 0.190. The van der Waals surface area contributed by atoms with Gasteiger partial charge in [-0.2, -0.15) is 5.26 Å². The van der Waals surface area contributed by atoms with E-state index in [0.29, 0.717) is 21.9 Å². The predicted octanol–water partition coefficient (Wildman–Crippen LogP) is 4.71. The van der Waals surface area contributed by atoms with Crippen LogP contribution in [0.3, 0.4) is 0 Å². The number of carbonyl (C=O) groups excluding carboxylic acids is 1. The molecule has 0 atom stereocenters. The van der Waals surface area contributed by atoms with Crippen LogP contribution in [0.15, 0.2) is 47.5 Å². The molecule has 1 heterocycles. The largest absolute Gasteiger partial charge is 0.497 e. The van der Waals surface area contributed by atoms with Crippen LogP contribution >= 0.6 is 11.8 Å². The van der Waals surface area contributed by atoms with Crippen LogP contribution in [0.1, 0.15) is 27.0 Å². The van der Waals surface area contributed by atoms with Crippen LogP contribution in [0.2, 0.25) is 0 Å². The van der Waals surface area contributed by atoms with E-state index in [9.17, 15) is 10.1 Å². The lowest BCUT2D eigenvalue weighted by atomic mass is 10.1. The molecule has 0 bridgehead atoms. The van der Waals surface area contributed by atoms with E-state index in [1.807, 2.05) is 32.0 Å². The number of hydrogen-bond acceptors (Lipinski definition) is 5. The number of methoxy groups -OCH3 is 1. The van der Waals surface area contributed by atoms with Crippen molar-refractivity contribution < 1.29 is 9.53 Å². The lowest BCUT2D eigenvalue weighted by Gasteiger charge is -2.08. The first-order valence-electron chi connectivity index (χ1n) is 8.14. The summed E-state index contributed by atoms with van der Waals surface area (Å²) >= 11 is 1.29. The summed E-state index contributed by atoms with van der Waals surface area (Å²) in [6.45, 7) is 4.07. The number of rotatable bonds is 5. The van der Waals surface area contributed by atoms with Gasteiger partial charge in [0.2, 0.25) is 0 Å². The first-order chi connectivity index (χ1) is 12.5. The van der Waals surface area contributed by atoms with E-state index < -0.39 is 0 Å². The van der Waals surface area contributed by atoms with Gasteiger partial charge in [0.1, 0.15) is 16.8 Å². The number of carbonyl (C=O) groups is 1. The summed E-state index contributed by atoms with van der Waals surface area (Å²) in [5.74, 6) is 0.832. The molecule has 0 aliphatic rings. The van der Waals surface area contributed by atoms with Crippen molar-refractivity contribution in [2.45, 2.75) is 18.9 Å². The van der Waals surface area contributed by atoms with E-state index in [1.165, 1.54) is 11.8 Å². The number of nitrogens with zero attached hydrogens (tertiary/aromatic N) is 2. The quantitative estimate of drug-likeness (QED) is 0.486. The minimum absolute atomic E-state index is 0.0280. The van der Waals surface area contributed by atoms with Crippen molar-refractivity contribution in [2.75, 3.05) is 12.9 Å². The lowest BCUT2D eigenvalue weighted by molar-refractivity contribution is 0.102. The molecule has 0 radical (unpaired) electrons. The average Bonchev–Trinajstić information content (AvgIpc) is 2.66. The maximum atomic E-state index is 12.5. The van der Waals surface area contributed by atoms with Crippen LogP contribution in [0, 0.1) is 25.2 Å². The van der Waals surface area contributed by atoms with E-state index in [0.717, 1.165) is 22.0 Å². The summed E-state index contributed by atoms with van der Waals surface area (Å²) in [6.07, 6.45) is 0. The molecule has 26 heavy (non-hydrogen) atoms. The normalized spacial score (nSPS) is 10.5. The Morgan fingerprint density at radius 3 is 2.69 bits per heavy atom. The molecule has 0 aliphatic carbocycles. The van der Waals surface area contributed by atoms with Gasteiger partial charge >= 0.3 is 0 Å². The summed E-state index contributed by atoms with van der Waals surface area (Å²) in [7, 11) is 1.57. The molecule has 0 saturated heterocycles. The van der Waals surface area contributed by atoms with Crippen LogP contribution in [-0.2, 0) is 0 Å². The molecular formula is C21H18N2O2S. The highest BCUT2D eigenvalue weighted by Crippen LogP contribution is 2.27. The molecule has 3 rings (SSSR count). The van der Waals surface area contributed by atoms with Crippen LogP contribution < -0.4 is 4.74 Å². The lowest BCUT2D eigenvalue weighted by Crippen LogP contribution is -2.03. The van der Waals surface area contributed by atoms with Gasteiger partial charge < -0.3 is 4.74 Å². The van der Waals surface area contributed by atoms with Gasteiger partial charge in [-0.05, 0) is 55.3 Å². The Hall–Kier alpha value is -2.84. The van der Waals surface area contributed by atoms with Crippen molar-refractivity contribution in [1.29, 1.82) is 5.26 Å². The molecule has 0 fully saturated rings. The third kappa shape index (κ3) is 3.71. The zero-order valence-corrected chi connectivity index (χ0v) is 15.7. The molecule has 2 aromatic carbocycles. The van der Waals surface area contributed by atoms with E-state index in [1.54, 1.807) is 31.4 Å². The van der Waals surface area contributed by atoms with Crippen LogP contribution in [0.5, 0.6) is 5.75 Å². The number of hydrogen-bond donors (Lipinski definition) is 0. The highest BCUT2D eigenvalue weighted by molar-refractivity contribution is 8.00. The molecule has 130 valence electrons. The first-order valence-corrected chi connectivity index (χ1v) is 9.12. The Balaban J connectivity index is 1.87. The number of aryl methyl sites for hydroxylation is 2. The van der Waals surface area contributed by atoms with Crippen LogP contribution in [0.4, 0.5) is 0 Å². The number of fused-ring (bicyclic) bond motifs is 1. The Labute approximate surface area is 156 Å². The Morgan fingerprint density at radius 2 is 1.96 bits per heavy atom. The average molecular weight is 362 g/mol. The molecule has 3 aromatic rings. The predicted molar refractivity (Wildman–Crippen MR) is 104 cm³/mol. The second kappa shape index (κ2) is 7.59. The Morgan fingerprint density at radius 1 is 1.19 bits per heavy atom. The molecule has 0 saturated carbocycles. The van der Waals surface area contributed by atoms with E-state index in [2.05, 4.69) is 11.1 Å². The maximum Gasteiger partial charge on any atom is 0.173 e. The molecule has 0 aliphatic heterocycles. The monoisotopic (exact) mass is 362 g/mol. The van der Waals surface area contributed by atoms with Gasteiger partial charge in [0, 0.05) is 10.9 Å². The number of benzene rings is 2. The summed E-state index contributed by atoms with van der Waals surface area (Å²) in [5.41, 5.74) is 4.23. The summed E-state index contributed by atoms with van der Waals surface area (Å²) < 4.78 is 5.16. The Kier molecular flexibility index (Phi) is 5.24. The number of nitriles is 1. The number of thioether (sulfide) groups is 1. The van der Waals surface area contributed by atoms with E-state index >= 15 is 0 Å². The van der Waals surface area contributed by atoms with E-state index in [4.69, 9.17) is 4.74 Å². The van der Waals surface area contributed by atoms with Gasteiger partial charge in [0.25, 0.3) is 0 Å². The van der Waals surface area contributed by atoms with Crippen molar-refractivity contribution >= 4 is 28.4 Å². The van der Waals surface area contributed by atoms with Crippen molar-refractivity contribution in [3.8, 4) is 11.8 Å². The van der Waals surface area contributed by atoms with Crippen molar-refractivity contribution in [3.05, 3.63) is 64.7 Å². The van der Waals surface area contributed by atoms with Gasteiger partial charge in [0.15, 0.2) is 5.78 Å². The minimum Gasteiger partial charge on any atom is -0.497 e. The molecule has 0 spiro atoms. The van der Waals surface area contributed by atoms with Crippen LogP contribution in [-0.4, -0.2) is 23.6 Å². The standard InChI is InChI=1S/C21H18N2O2S/c1-13-7-16-9-17(11-22)21(23-19(16)8-14(13)2)26-12-20(24)15-5-4-6-18(10-15)25-3/h4-10H,12H2,1-3H3. The van der Waals surface area contributed by atoms with Gasteiger partial charge in [-0.15, -0.1) is 0 Å². The van der Waals surface area contributed by atoms with Crippen molar-refractivity contribution in [1.82, 2.24) is 4.98 Å². The minimum atomic E-state index is -0.0280. The third-order valence-corrected chi connectivity index (χ3v) is 5.24. The zero-order valence-electron chi connectivity index (χ0n) is 14.9. The summed E-state index contributed by atoms with van der Waals surface area (Å²) in [6, 6.07) is 15.1. The SMILES string of the molecule is COc1cccc(C(=O)CSc2nc3cc(C)c(C)cc3cc2C#N)c1. The second-order valence-electron chi connectivity index (χ2n) is 6.03. The number of Topliss-reactive ketones (excluding diaryl/α,β-unsaturated/α-hetero) is 1. The molecular weight excluding hydrogens is 344 g/mol. The number of ketones is 1. The number of ether oxygens (including phenoxy) is 1. The van der Waals surface area contributed by atoms with Crippen molar-refractivity contribution in [3.63, 3.8) is 0 Å². The number of aromatic nitrogens is 1. The maximum absolute atomic E-state index is 12.5. The van der Waals surface area contributed by atoms with Crippen LogP contribution in [0.25, 0.3) is 10.9 Å². The van der Waals surface area contributed by atoms with Gasteiger partial charge in [-0.25, -0.2) is 4.98 Å². The summed E-state index contributed by atoms with van der Waals surface area (Å²) in [5, 5.41) is 11.0. The van der Waals surface area contributed by atoms with E-state index in [-0.39, 0.29) is 11.5 Å². The topological polar surface area (TPSA) is 63.0 Å². The molecule has 0 amide bonds. The van der Waals surface area contributed by atoms with Crippen molar-refractivity contribution in [2.24, 2.45) is 0 Å². The van der Waals surface area contributed by atoms with Gasteiger partial charge in [-0.1, -0.05) is 23.9 Å². The highest BCUT2D eigenvalue weighted by atomic mass is 32.2. The zero-order chi connectivity index (χ0) is 18.7. The third-order valence-electron chi connectivity index (χ3n) is 4.25. The molecule has 1 aromatic heterocycles. The fourth-order valence-corrected chi connectivity index (χ4v) is 3.48. The smallest absolute Gasteiger partial charge is 0.173 e. The number of pyridine rings is 1. The summed E-state index contributed by atoms with van der Waals surface area (Å²) in [4.78, 5) is 17.1. The second-order valence-corrected chi connectivity index (χ2v) is 6.99.